The summed E-state index contributed by atoms with van der Waals surface area (Å²) in [5.74, 6) is -0.225. The van der Waals surface area contributed by atoms with Crippen LogP contribution < -0.4 is 26.8 Å². The van der Waals surface area contributed by atoms with Gasteiger partial charge < -0.3 is 31.9 Å². The first-order chi connectivity index (χ1) is 19.5. The van der Waals surface area contributed by atoms with Crippen molar-refractivity contribution in [3.63, 3.8) is 0 Å². The van der Waals surface area contributed by atoms with Crippen molar-refractivity contribution >= 4 is 34.7 Å². The van der Waals surface area contributed by atoms with Crippen LogP contribution in [-0.4, -0.2) is 33.5 Å². The Labute approximate surface area is 239 Å². The fraction of sp³-hybridized carbons (Fsp3) is 0.481. The van der Waals surface area contributed by atoms with Crippen molar-refractivity contribution in [1.82, 2.24) is 0 Å². The summed E-state index contributed by atoms with van der Waals surface area (Å²) in [4.78, 5) is 19.1. The highest BCUT2D eigenvalue weighted by atomic mass is 16.6. The molecular formula is C27H42N8O6. The number of unbranched alkanes of at least 4 members (excludes halogenated alkanes) is 9. The summed E-state index contributed by atoms with van der Waals surface area (Å²) in [5.41, 5.74) is 11.0. The van der Waals surface area contributed by atoms with Gasteiger partial charge in [-0.2, -0.15) is 0 Å². The molecule has 0 atom stereocenters. The monoisotopic (exact) mass is 574 g/mol. The molecule has 0 bridgehead atoms. The maximum Gasteiger partial charge on any atom is 0.317 e. The zero-order valence-corrected chi connectivity index (χ0v) is 23.7. The summed E-state index contributed by atoms with van der Waals surface area (Å²) in [7, 11) is 0. The number of guanidine groups is 2. The Kier molecular flexibility index (Phi) is 15.6. The molecule has 9 N–H and O–H groups in total. The normalized spacial score (nSPS) is 10.2. The van der Waals surface area contributed by atoms with Crippen molar-refractivity contribution in [3.8, 4) is 11.5 Å². The first-order valence-electron chi connectivity index (χ1n) is 13.6. The fourth-order valence-electron chi connectivity index (χ4n) is 3.89. The molecule has 0 radical (unpaired) electrons. The zero-order chi connectivity index (χ0) is 30.8. The van der Waals surface area contributed by atoms with Crippen LogP contribution in [-0.2, 0) is 0 Å². The van der Waals surface area contributed by atoms with Gasteiger partial charge in [0.25, 0.3) is 5.69 Å². The minimum atomic E-state index is -0.866. The summed E-state index contributed by atoms with van der Waals surface area (Å²) in [5, 5.41) is 50.1. The quantitative estimate of drug-likeness (QED) is 0.0398. The summed E-state index contributed by atoms with van der Waals surface area (Å²) < 4.78 is 5.84. The molecule has 2 aromatic rings. The second kappa shape index (κ2) is 18.6. The molecule has 226 valence electrons. The predicted molar refractivity (Wildman–Crippen MR) is 161 cm³/mol. The average Bonchev–Trinajstić information content (AvgIpc) is 2.89. The largest absolute Gasteiger partial charge is 0.502 e. The molecule has 0 aliphatic heterocycles. The molecule has 0 aromatic heterocycles. The molecule has 0 amide bonds. The molecule has 14 nitrogen and oxygen atoms in total. The van der Waals surface area contributed by atoms with E-state index in [2.05, 4.69) is 17.6 Å². The van der Waals surface area contributed by atoms with Crippen LogP contribution in [0.5, 0.6) is 11.5 Å². The lowest BCUT2D eigenvalue weighted by atomic mass is 10.1. The number of aromatic hydroxyl groups is 1. The molecule has 2 rings (SSSR count). The number of nitro groups is 2. The van der Waals surface area contributed by atoms with Gasteiger partial charge in [-0.3, -0.25) is 31.0 Å². The molecule has 14 heteroatoms. The van der Waals surface area contributed by atoms with Gasteiger partial charge in [-0.25, -0.2) is 0 Å². The van der Waals surface area contributed by atoms with E-state index in [1.54, 1.807) is 18.2 Å². The SMILES string of the molecule is CCCCCCCCCCCCOc1ccc(NC(=N)N)cc1NC(=N)N.Cc1cc([N+](=O)[O-])cc([N+](=O)[O-])c1O. The lowest BCUT2D eigenvalue weighted by molar-refractivity contribution is -0.394. The number of nitrogens with zero attached hydrogens (tertiary/aromatic N) is 2. The van der Waals surface area contributed by atoms with Crippen LogP contribution in [0.15, 0.2) is 30.3 Å². The first kappa shape index (κ1) is 34.4. The van der Waals surface area contributed by atoms with E-state index < -0.39 is 27.0 Å². The number of nitro benzene ring substituents is 2. The number of nitrogens with one attached hydrogen (secondary N) is 4. The van der Waals surface area contributed by atoms with Gasteiger partial charge in [0, 0.05) is 17.3 Å². The van der Waals surface area contributed by atoms with Crippen molar-refractivity contribution in [3.05, 3.63) is 56.1 Å². The van der Waals surface area contributed by atoms with Gasteiger partial charge in [-0.1, -0.05) is 64.7 Å². The Hall–Kier alpha value is -4.62. The summed E-state index contributed by atoms with van der Waals surface area (Å²) in [6.07, 6.45) is 12.8. The number of aryl methyl sites for hydroxylation is 1. The third-order valence-corrected chi connectivity index (χ3v) is 5.96. The van der Waals surface area contributed by atoms with Crippen molar-refractivity contribution < 1.29 is 19.7 Å². The molecule has 0 unspecified atom stereocenters. The Morgan fingerprint density at radius 1 is 0.878 bits per heavy atom. The van der Waals surface area contributed by atoms with Crippen molar-refractivity contribution in [2.45, 2.75) is 78.1 Å². The maximum atomic E-state index is 10.4. The smallest absolute Gasteiger partial charge is 0.317 e. The highest BCUT2D eigenvalue weighted by Gasteiger charge is 2.21. The van der Waals surface area contributed by atoms with Crippen LogP contribution in [0, 0.1) is 38.0 Å². The minimum Gasteiger partial charge on any atom is -0.502 e. The van der Waals surface area contributed by atoms with Gasteiger partial charge in [0.1, 0.15) is 5.75 Å². The van der Waals surface area contributed by atoms with E-state index >= 15 is 0 Å². The van der Waals surface area contributed by atoms with Crippen molar-refractivity contribution in [2.24, 2.45) is 11.5 Å². The van der Waals surface area contributed by atoms with Gasteiger partial charge in [-0.05, 0) is 31.5 Å². The summed E-state index contributed by atoms with van der Waals surface area (Å²) in [6.45, 7) is 4.23. The van der Waals surface area contributed by atoms with Crippen LogP contribution in [0.4, 0.5) is 22.7 Å². The Morgan fingerprint density at radius 2 is 1.44 bits per heavy atom. The van der Waals surface area contributed by atoms with E-state index in [0.717, 1.165) is 25.0 Å². The van der Waals surface area contributed by atoms with Gasteiger partial charge in [0.2, 0.25) is 0 Å². The standard InChI is InChI=1S/C20H36N6O.C7H6N2O5/c1-2-3-4-5-6-7-8-9-10-11-14-27-18-13-12-16(25-19(21)22)15-17(18)26-20(23)24;1-4-2-5(8(11)12)3-6(7(4)10)9(13)14/h12-13,15H,2-11,14H2,1H3,(H4,21,22,25)(H4,23,24,26);2-3,10H,1H3. The third-order valence-electron chi connectivity index (χ3n) is 5.96. The van der Waals surface area contributed by atoms with Crippen LogP contribution in [0.1, 0.15) is 76.7 Å². The van der Waals surface area contributed by atoms with Gasteiger partial charge in [0.15, 0.2) is 17.7 Å². The molecule has 0 spiro atoms. The van der Waals surface area contributed by atoms with E-state index in [4.69, 9.17) is 27.0 Å². The minimum absolute atomic E-state index is 0.103. The van der Waals surface area contributed by atoms with Gasteiger partial charge >= 0.3 is 5.69 Å². The van der Waals surface area contributed by atoms with E-state index in [0.29, 0.717) is 23.7 Å². The second-order valence-corrected chi connectivity index (χ2v) is 9.46. The number of phenolic OH excluding ortho intramolecular Hbond substituents is 1. The van der Waals surface area contributed by atoms with Gasteiger partial charge in [0.05, 0.1) is 28.2 Å². The second-order valence-electron chi connectivity index (χ2n) is 9.46. The number of hydrogen-bond acceptors (Lipinski definition) is 8. The molecule has 0 aliphatic carbocycles. The number of nitrogens with two attached hydrogens (primary N) is 2. The number of phenols is 1. The molecule has 0 aliphatic rings. The molecule has 2 aromatic carbocycles. The Morgan fingerprint density at radius 3 is 1.95 bits per heavy atom. The zero-order valence-electron chi connectivity index (χ0n) is 23.7. The Balaban J connectivity index is 0.000000502. The lowest BCUT2D eigenvalue weighted by Crippen LogP contribution is -2.22. The van der Waals surface area contributed by atoms with Crippen molar-refractivity contribution in [2.75, 3.05) is 17.2 Å². The highest BCUT2D eigenvalue weighted by molar-refractivity contribution is 5.94. The van der Waals surface area contributed by atoms with Crippen LogP contribution in [0.2, 0.25) is 0 Å². The Bertz CT molecular complexity index is 1170. The number of ether oxygens (including phenoxy) is 1. The number of non-ortho nitro benzene ring substituents is 1. The average molecular weight is 575 g/mol. The number of hydrogen-bond donors (Lipinski definition) is 7. The topological polar surface area (TPSA) is 240 Å². The maximum absolute atomic E-state index is 10.4. The number of benzene rings is 2. The van der Waals surface area contributed by atoms with E-state index in [-0.39, 0.29) is 17.5 Å². The van der Waals surface area contributed by atoms with Gasteiger partial charge in [-0.15, -0.1) is 0 Å². The highest BCUT2D eigenvalue weighted by Crippen LogP contribution is 2.33. The number of anilines is 2. The van der Waals surface area contributed by atoms with E-state index in [9.17, 15) is 25.3 Å². The van der Waals surface area contributed by atoms with E-state index in [1.807, 2.05) is 0 Å². The molecule has 0 saturated carbocycles. The molecule has 0 heterocycles. The molecule has 0 saturated heterocycles. The molecule has 0 fully saturated rings. The van der Waals surface area contributed by atoms with Crippen molar-refractivity contribution in [1.29, 1.82) is 10.8 Å². The van der Waals surface area contributed by atoms with E-state index in [1.165, 1.54) is 58.3 Å². The summed E-state index contributed by atoms with van der Waals surface area (Å²) >= 11 is 0. The van der Waals surface area contributed by atoms with Crippen LogP contribution in [0.25, 0.3) is 0 Å². The fourth-order valence-corrected chi connectivity index (χ4v) is 3.89. The van der Waals surface area contributed by atoms with Crippen LogP contribution in [0.3, 0.4) is 0 Å². The van der Waals surface area contributed by atoms with Crippen LogP contribution >= 0.6 is 0 Å². The third kappa shape index (κ3) is 13.8. The predicted octanol–water partition coefficient (Wildman–Crippen LogP) is 6.11. The molecule has 41 heavy (non-hydrogen) atoms. The first-order valence-corrected chi connectivity index (χ1v) is 13.6. The number of rotatable bonds is 16. The molecular weight excluding hydrogens is 532 g/mol. The summed E-state index contributed by atoms with van der Waals surface area (Å²) in [6, 6.07) is 7.08. The lowest BCUT2D eigenvalue weighted by Gasteiger charge is -2.14.